The number of methoxy groups -OCH3 is 1. The highest BCUT2D eigenvalue weighted by Crippen LogP contribution is 2.27. The molecule has 3 aromatic heterocycles. The minimum atomic E-state index is -0.453. The molecule has 0 aliphatic rings. The van der Waals surface area contributed by atoms with Crippen molar-refractivity contribution in [3.05, 3.63) is 77.3 Å². The van der Waals surface area contributed by atoms with E-state index in [1.165, 1.54) is 0 Å². The molecule has 0 saturated carbocycles. The first-order valence-corrected chi connectivity index (χ1v) is 9.39. The Balaban J connectivity index is 1.45. The van der Waals surface area contributed by atoms with Gasteiger partial charge < -0.3 is 23.0 Å². The quantitative estimate of drug-likeness (QED) is 0.425. The maximum absolute atomic E-state index is 12.6. The van der Waals surface area contributed by atoms with Gasteiger partial charge >= 0.3 is 5.97 Å². The molecule has 0 aliphatic carbocycles. The Morgan fingerprint density at radius 2 is 2.00 bits per heavy atom. The van der Waals surface area contributed by atoms with E-state index in [9.17, 15) is 4.79 Å². The van der Waals surface area contributed by atoms with Crippen LogP contribution in [0.3, 0.4) is 0 Å². The normalized spacial score (nSPS) is 10.9. The molecule has 0 radical (unpaired) electrons. The molecule has 0 N–H and O–H groups in total. The Hall–Kier alpha value is -3.81. The van der Waals surface area contributed by atoms with Gasteiger partial charge in [-0.05, 0) is 44.2 Å². The van der Waals surface area contributed by atoms with Gasteiger partial charge in [0.2, 0.25) is 5.82 Å². The van der Waals surface area contributed by atoms with Crippen LogP contribution in [0.5, 0.6) is 5.75 Å². The SMILES string of the molecule is COc1ccccc1-c1noc(COC(=O)c2cc(C)n(Cc3ccco3)c2C)n1. The monoisotopic (exact) mass is 407 g/mol. The number of aryl methyl sites for hydroxylation is 1. The van der Waals surface area contributed by atoms with Gasteiger partial charge in [-0.3, -0.25) is 0 Å². The Labute approximate surface area is 173 Å². The average molecular weight is 407 g/mol. The number of carbonyl (C=O) groups is 1. The summed E-state index contributed by atoms with van der Waals surface area (Å²) in [7, 11) is 1.57. The van der Waals surface area contributed by atoms with Crippen LogP contribution in [-0.4, -0.2) is 27.8 Å². The molecule has 154 valence electrons. The summed E-state index contributed by atoms with van der Waals surface area (Å²) in [6, 6.07) is 12.9. The van der Waals surface area contributed by atoms with Gasteiger partial charge in [0.05, 0.1) is 31.0 Å². The molecule has 0 fully saturated rings. The van der Waals surface area contributed by atoms with Crippen molar-refractivity contribution >= 4 is 5.97 Å². The van der Waals surface area contributed by atoms with E-state index >= 15 is 0 Å². The molecule has 0 aliphatic heterocycles. The summed E-state index contributed by atoms with van der Waals surface area (Å²) < 4.78 is 23.3. The summed E-state index contributed by atoms with van der Waals surface area (Å²) in [5.74, 6) is 1.56. The molecule has 0 bridgehead atoms. The first-order chi connectivity index (χ1) is 14.6. The second-order valence-corrected chi connectivity index (χ2v) is 6.74. The van der Waals surface area contributed by atoms with E-state index in [4.69, 9.17) is 18.4 Å². The van der Waals surface area contributed by atoms with Gasteiger partial charge in [0.15, 0.2) is 6.61 Å². The van der Waals surface area contributed by atoms with Crippen LogP contribution in [0.1, 0.15) is 33.4 Å². The van der Waals surface area contributed by atoms with E-state index in [-0.39, 0.29) is 12.5 Å². The fourth-order valence-electron chi connectivity index (χ4n) is 3.27. The lowest BCUT2D eigenvalue weighted by molar-refractivity contribution is 0.0429. The molecule has 8 heteroatoms. The van der Waals surface area contributed by atoms with Gasteiger partial charge in [0, 0.05) is 11.4 Å². The van der Waals surface area contributed by atoms with E-state index in [2.05, 4.69) is 10.1 Å². The van der Waals surface area contributed by atoms with Crippen LogP contribution in [0, 0.1) is 13.8 Å². The van der Waals surface area contributed by atoms with E-state index < -0.39 is 5.97 Å². The van der Waals surface area contributed by atoms with Crippen molar-refractivity contribution < 1.29 is 23.2 Å². The van der Waals surface area contributed by atoms with Crippen LogP contribution in [0.2, 0.25) is 0 Å². The van der Waals surface area contributed by atoms with Gasteiger partial charge in [0.1, 0.15) is 11.5 Å². The zero-order valence-corrected chi connectivity index (χ0v) is 16.9. The summed E-state index contributed by atoms with van der Waals surface area (Å²) in [6.45, 7) is 4.23. The third-order valence-electron chi connectivity index (χ3n) is 4.83. The second kappa shape index (κ2) is 8.28. The molecule has 0 unspecified atom stereocenters. The molecule has 3 heterocycles. The minimum Gasteiger partial charge on any atom is -0.496 e. The number of aromatic nitrogens is 3. The smallest absolute Gasteiger partial charge is 0.340 e. The average Bonchev–Trinajstić information content (AvgIpc) is 3.50. The summed E-state index contributed by atoms with van der Waals surface area (Å²) in [6.07, 6.45) is 1.63. The van der Waals surface area contributed by atoms with Gasteiger partial charge in [-0.15, -0.1) is 0 Å². The standard InChI is InChI=1S/C22H21N3O5/c1-14-11-18(15(2)25(14)12-16-7-6-10-28-16)22(26)29-13-20-23-21(24-30-20)17-8-4-5-9-19(17)27-3/h4-11H,12-13H2,1-3H3. The minimum absolute atomic E-state index is 0.122. The Morgan fingerprint density at radius 3 is 2.77 bits per heavy atom. The molecule has 0 spiro atoms. The van der Waals surface area contributed by atoms with Crippen LogP contribution in [0.15, 0.2) is 57.7 Å². The summed E-state index contributed by atoms with van der Waals surface area (Å²) in [4.78, 5) is 16.9. The first-order valence-electron chi connectivity index (χ1n) is 9.39. The topological polar surface area (TPSA) is 92.5 Å². The lowest BCUT2D eigenvalue weighted by Gasteiger charge is -2.07. The number of hydrogen-bond donors (Lipinski definition) is 0. The maximum Gasteiger partial charge on any atom is 0.340 e. The van der Waals surface area contributed by atoms with E-state index in [1.807, 2.05) is 54.8 Å². The summed E-state index contributed by atoms with van der Waals surface area (Å²) in [5.41, 5.74) is 2.92. The predicted molar refractivity (Wildman–Crippen MR) is 107 cm³/mol. The van der Waals surface area contributed by atoms with Crippen molar-refractivity contribution in [2.24, 2.45) is 0 Å². The molecule has 8 nitrogen and oxygen atoms in total. The van der Waals surface area contributed by atoms with E-state index in [1.54, 1.807) is 19.4 Å². The molecular weight excluding hydrogens is 386 g/mol. The highest BCUT2D eigenvalue weighted by molar-refractivity contribution is 5.91. The molecule has 30 heavy (non-hydrogen) atoms. The van der Waals surface area contributed by atoms with Crippen molar-refractivity contribution in [2.75, 3.05) is 7.11 Å². The number of esters is 1. The fraction of sp³-hybridized carbons (Fsp3) is 0.227. The van der Waals surface area contributed by atoms with Crippen molar-refractivity contribution in [1.82, 2.24) is 14.7 Å². The number of ether oxygens (including phenoxy) is 2. The van der Waals surface area contributed by atoms with Crippen molar-refractivity contribution in [3.8, 4) is 17.1 Å². The van der Waals surface area contributed by atoms with Crippen LogP contribution in [0.25, 0.3) is 11.4 Å². The number of para-hydroxylation sites is 1. The molecule has 4 aromatic rings. The third-order valence-corrected chi connectivity index (χ3v) is 4.83. The first kappa shape index (κ1) is 19.5. The van der Waals surface area contributed by atoms with Gasteiger partial charge in [0.25, 0.3) is 5.89 Å². The van der Waals surface area contributed by atoms with E-state index in [0.717, 1.165) is 17.1 Å². The molecule has 0 atom stereocenters. The number of carbonyl (C=O) groups excluding carboxylic acids is 1. The maximum atomic E-state index is 12.6. The lowest BCUT2D eigenvalue weighted by Crippen LogP contribution is -2.08. The van der Waals surface area contributed by atoms with Gasteiger partial charge in [-0.2, -0.15) is 4.98 Å². The van der Waals surface area contributed by atoms with Gasteiger partial charge in [-0.25, -0.2) is 4.79 Å². The van der Waals surface area contributed by atoms with E-state index in [0.29, 0.717) is 29.2 Å². The third kappa shape index (κ3) is 3.84. The highest BCUT2D eigenvalue weighted by atomic mass is 16.6. The molecule has 0 amide bonds. The van der Waals surface area contributed by atoms with Crippen molar-refractivity contribution in [3.63, 3.8) is 0 Å². The van der Waals surface area contributed by atoms with Crippen LogP contribution < -0.4 is 4.74 Å². The second-order valence-electron chi connectivity index (χ2n) is 6.74. The number of nitrogens with zero attached hydrogens (tertiary/aromatic N) is 3. The van der Waals surface area contributed by atoms with Gasteiger partial charge in [-0.1, -0.05) is 17.3 Å². The highest BCUT2D eigenvalue weighted by Gasteiger charge is 2.19. The number of hydrogen-bond acceptors (Lipinski definition) is 7. The molecule has 1 aromatic carbocycles. The predicted octanol–water partition coefficient (Wildman–Crippen LogP) is 4.16. The Bertz CT molecular complexity index is 1160. The van der Waals surface area contributed by atoms with Crippen LogP contribution in [0.4, 0.5) is 0 Å². The molecule has 0 saturated heterocycles. The van der Waals surface area contributed by atoms with Crippen LogP contribution in [-0.2, 0) is 17.9 Å². The van der Waals surface area contributed by atoms with Crippen molar-refractivity contribution in [1.29, 1.82) is 0 Å². The number of furan rings is 1. The zero-order chi connectivity index (χ0) is 21.1. The largest absolute Gasteiger partial charge is 0.496 e. The number of benzene rings is 1. The Kier molecular flexibility index (Phi) is 5.38. The fourth-order valence-corrected chi connectivity index (χ4v) is 3.27. The molecule has 4 rings (SSSR count). The Morgan fingerprint density at radius 1 is 1.17 bits per heavy atom. The lowest BCUT2D eigenvalue weighted by atomic mass is 10.2. The summed E-state index contributed by atoms with van der Waals surface area (Å²) >= 11 is 0. The number of rotatable bonds is 7. The van der Waals surface area contributed by atoms with Crippen molar-refractivity contribution in [2.45, 2.75) is 27.0 Å². The summed E-state index contributed by atoms with van der Waals surface area (Å²) in [5, 5.41) is 3.95. The van der Waals surface area contributed by atoms with Crippen LogP contribution >= 0.6 is 0 Å². The zero-order valence-electron chi connectivity index (χ0n) is 16.9. The molecular formula is C22H21N3O5.